The van der Waals surface area contributed by atoms with Gasteiger partial charge in [-0.05, 0) is 62.6 Å². The van der Waals surface area contributed by atoms with E-state index in [0.29, 0.717) is 60.5 Å². The van der Waals surface area contributed by atoms with Crippen LogP contribution >= 0.6 is 0 Å². The Morgan fingerprint density at radius 3 is 2.15 bits per heavy atom. The van der Waals surface area contributed by atoms with Crippen LogP contribution in [0.3, 0.4) is 0 Å². The third-order valence-electron chi connectivity index (χ3n) is 6.26. The lowest BCUT2D eigenvalue weighted by atomic mass is 9.88. The van der Waals surface area contributed by atoms with Gasteiger partial charge in [-0.15, -0.1) is 0 Å². The highest BCUT2D eigenvalue weighted by molar-refractivity contribution is 5.78. The Labute approximate surface area is 233 Å². The van der Waals surface area contributed by atoms with Gasteiger partial charge in [0, 0.05) is 24.9 Å². The minimum atomic E-state index is -0.861. The number of rotatable bonds is 14. The quantitative estimate of drug-likeness (QED) is 0.298. The SMILES string of the molecule is CCOc1ccc(CCNC(=O)CC(c2cc(OC)c(OC)c(OC)c2)c2c(O)cc(C)oc2=O)cc1OCC. The van der Waals surface area contributed by atoms with Crippen LogP contribution in [0.25, 0.3) is 0 Å². The van der Waals surface area contributed by atoms with E-state index in [1.807, 2.05) is 32.0 Å². The maximum Gasteiger partial charge on any atom is 0.343 e. The number of aryl methyl sites for hydroxylation is 1. The number of methoxy groups -OCH3 is 3. The molecule has 2 N–H and O–H groups in total. The molecule has 1 atom stereocenters. The molecule has 3 rings (SSSR count). The second-order valence-corrected chi connectivity index (χ2v) is 8.91. The molecule has 216 valence electrons. The first-order chi connectivity index (χ1) is 19.3. The molecule has 0 radical (unpaired) electrons. The van der Waals surface area contributed by atoms with E-state index in [9.17, 15) is 14.7 Å². The Kier molecular flexibility index (Phi) is 10.7. The summed E-state index contributed by atoms with van der Waals surface area (Å²) >= 11 is 0. The lowest BCUT2D eigenvalue weighted by Gasteiger charge is -2.21. The van der Waals surface area contributed by atoms with Gasteiger partial charge in [-0.1, -0.05) is 6.07 Å². The van der Waals surface area contributed by atoms with Crippen molar-refractivity contribution in [3.63, 3.8) is 0 Å². The van der Waals surface area contributed by atoms with Gasteiger partial charge in [-0.25, -0.2) is 4.79 Å². The van der Waals surface area contributed by atoms with Gasteiger partial charge < -0.3 is 38.5 Å². The molecule has 1 amide bonds. The molecule has 0 fully saturated rings. The van der Waals surface area contributed by atoms with E-state index in [0.717, 1.165) is 5.56 Å². The second-order valence-electron chi connectivity index (χ2n) is 8.91. The third kappa shape index (κ3) is 7.19. The molecule has 10 nitrogen and oxygen atoms in total. The fourth-order valence-electron chi connectivity index (χ4n) is 4.47. The van der Waals surface area contributed by atoms with Crippen molar-refractivity contribution in [1.82, 2.24) is 5.32 Å². The number of amides is 1. The van der Waals surface area contributed by atoms with Crippen molar-refractivity contribution >= 4 is 5.91 Å². The minimum absolute atomic E-state index is 0.0390. The summed E-state index contributed by atoms with van der Waals surface area (Å²) < 4.78 is 32.9. The zero-order valence-electron chi connectivity index (χ0n) is 23.8. The van der Waals surface area contributed by atoms with Gasteiger partial charge in [0.2, 0.25) is 11.7 Å². The summed E-state index contributed by atoms with van der Waals surface area (Å²) in [6.07, 6.45) is 0.401. The number of ether oxygens (including phenoxy) is 5. The summed E-state index contributed by atoms with van der Waals surface area (Å²) in [6.45, 7) is 6.74. The van der Waals surface area contributed by atoms with Crippen LogP contribution in [0.4, 0.5) is 0 Å². The molecule has 2 aromatic carbocycles. The Balaban J connectivity index is 1.87. The Hall–Kier alpha value is -4.34. The van der Waals surface area contributed by atoms with Crippen molar-refractivity contribution in [3.05, 3.63) is 69.3 Å². The molecule has 0 bridgehead atoms. The second kappa shape index (κ2) is 14.2. The lowest BCUT2D eigenvalue weighted by Crippen LogP contribution is -2.28. The smallest absolute Gasteiger partial charge is 0.343 e. The van der Waals surface area contributed by atoms with Crippen molar-refractivity contribution < 1.29 is 38.0 Å². The van der Waals surface area contributed by atoms with Crippen molar-refractivity contribution in [3.8, 4) is 34.5 Å². The van der Waals surface area contributed by atoms with E-state index in [2.05, 4.69) is 5.32 Å². The van der Waals surface area contributed by atoms with E-state index in [4.69, 9.17) is 28.1 Å². The highest BCUT2D eigenvalue weighted by Gasteiger charge is 2.28. The standard InChI is InChI=1S/C30H37NO9/c1-7-38-23-10-9-19(14-24(23)39-8-2)11-12-31-27(33)17-21(28-22(32)13-18(3)40-30(28)34)20-15-25(35-4)29(37-6)26(16-20)36-5/h9-10,13-16,21,32H,7-8,11-12,17H2,1-6H3,(H,31,33). The molecule has 0 aliphatic rings. The van der Waals surface area contributed by atoms with Gasteiger partial charge in [0.25, 0.3) is 0 Å². The average Bonchev–Trinajstić information content (AvgIpc) is 2.92. The van der Waals surface area contributed by atoms with Crippen LogP contribution in [0.2, 0.25) is 0 Å². The monoisotopic (exact) mass is 555 g/mol. The number of carbonyl (C=O) groups excluding carboxylic acids is 1. The largest absolute Gasteiger partial charge is 0.507 e. The molecule has 1 aromatic heterocycles. The van der Waals surface area contributed by atoms with Gasteiger partial charge in [0.1, 0.15) is 11.5 Å². The van der Waals surface area contributed by atoms with Crippen molar-refractivity contribution in [2.24, 2.45) is 0 Å². The molecule has 0 saturated heterocycles. The van der Waals surface area contributed by atoms with Gasteiger partial charge >= 0.3 is 5.63 Å². The fraction of sp³-hybridized carbons (Fsp3) is 0.400. The van der Waals surface area contributed by atoms with E-state index in [1.54, 1.807) is 19.1 Å². The predicted octanol–water partition coefficient (Wildman–Crippen LogP) is 4.36. The van der Waals surface area contributed by atoms with E-state index >= 15 is 0 Å². The molecule has 0 spiro atoms. The third-order valence-corrected chi connectivity index (χ3v) is 6.26. The van der Waals surface area contributed by atoms with Crippen LogP contribution in [-0.4, -0.2) is 52.1 Å². The minimum Gasteiger partial charge on any atom is -0.507 e. The van der Waals surface area contributed by atoms with Crippen LogP contribution in [-0.2, 0) is 11.2 Å². The number of aromatic hydroxyl groups is 1. The number of hydrogen-bond acceptors (Lipinski definition) is 9. The molecular weight excluding hydrogens is 518 g/mol. The normalized spacial score (nSPS) is 11.4. The first-order valence-electron chi connectivity index (χ1n) is 13.0. The van der Waals surface area contributed by atoms with Crippen LogP contribution in [0.15, 0.2) is 45.6 Å². The zero-order valence-corrected chi connectivity index (χ0v) is 23.8. The van der Waals surface area contributed by atoms with Crippen LogP contribution < -0.4 is 34.6 Å². The van der Waals surface area contributed by atoms with Crippen molar-refractivity contribution in [1.29, 1.82) is 0 Å². The summed E-state index contributed by atoms with van der Waals surface area (Å²) in [7, 11) is 4.42. The zero-order chi connectivity index (χ0) is 29.2. The van der Waals surface area contributed by atoms with Gasteiger partial charge in [-0.3, -0.25) is 4.79 Å². The summed E-state index contributed by atoms with van der Waals surface area (Å²) in [5.74, 6) is 1.17. The predicted molar refractivity (Wildman–Crippen MR) is 149 cm³/mol. The van der Waals surface area contributed by atoms with Gasteiger partial charge in [-0.2, -0.15) is 0 Å². The van der Waals surface area contributed by atoms with Crippen molar-refractivity contribution in [2.75, 3.05) is 41.1 Å². The van der Waals surface area contributed by atoms with Crippen LogP contribution in [0.1, 0.15) is 48.6 Å². The lowest BCUT2D eigenvalue weighted by molar-refractivity contribution is -0.121. The molecule has 1 heterocycles. The summed E-state index contributed by atoms with van der Waals surface area (Å²) in [5, 5.41) is 13.6. The number of hydrogen-bond donors (Lipinski definition) is 2. The molecule has 0 aliphatic heterocycles. The maximum absolute atomic E-state index is 13.2. The molecule has 10 heteroatoms. The maximum atomic E-state index is 13.2. The number of nitrogens with one attached hydrogen (secondary N) is 1. The highest BCUT2D eigenvalue weighted by atomic mass is 16.5. The Morgan fingerprint density at radius 1 is 0.925 bits per heavy atom. The van der Waals surface area contributed by atoms with Gasteiger partial charge in [0.15, 0.2) is 23.0 Å². The molecule has 3 aromatic rings. The topological polar surface area (TPSA) is 126 Å². The van der Waals surface area contributed by atoms with Gasteiger partial charge in [0.05, 0.1) is 40.1 Å². The summed E-state index contributed by atoms with van der Waals surface area (Å²) in [4.78, 5) is 26.0. The molecule has 0 aliphatic carbocycles. The van der Waals surface area contributed by atoms with E-state index in [-0.39, 0.29) is 29.4 Å². The Bertz CT molecular complexity index is 1340. The molecule has 1 unspecified atom stereocenters. The summed E-state index contributed by atoms with van der Waals surface area (Å²) in [6, 6.07) is 10.3. The Morgan fingerprint density at radius 2 is 1.57 bits per heavy atom. The van der Waals surface area contributed by atoms with E-state index in [1.165, 1.54) is 27.4 Å². The number of benzene rings is 2. The summed E-state index contributed by atoms with van der Waals surface area (Å²) in [5.41, 5.74) is 0.693. The fourth-order valence-corrected chi connectivity index (χ4v) is 4.47. The average molecular weight is 556 g/mol. The molecule has 0 saturated carbocycles. The highest BCUT2D eigenvalue weighted by Crippen LogP contribution is 2.43. The first kappa shape index (κ1) is 30.2. The number of carbonyl (C=O) groups is 1. The first-order valence-corrected chi connectivity index (χ1v) is 13.0. The molecule has 40 heavy (non-hydrogen) atoms. The molecular formula is C30H37NO9. The van der Waals surface area contributed by atoms with Crippen molar-refractivity contribution in [2.45, 2.75) is 39.5 Å². The van der Waals surface area contributed by atoms with E-state index < -0.39 is 11.5 Å². The van der Waals surface area contributed by atoms with Crippen LogP contribution in [0, 0.1) is 6.92 Å². The van der Waals surface area contributed by atoms with Crippen LogP contribution in [0.5, 0.6) is 34.5 Å².